The Labute approximate surface area is 141 Å². The zero-order valence-electron chi connectivity index (χ0n) is 13.3. The van der Waals surface area contributed by atoms with Crippen molar-refractivity contribution in [2.45, 2.75) is 39.0 Å². The number of aryl methyl sites for hydroxylation is 1. The molecule has 1 aromatic rings. The van der Waals surface area contributed by atoms with E-state index in [1.165, 1.54) is 19.3 Å². The summed E-state index contributed by atoms with van der Waals surface area (Å²) in [5.41, 5.74) is 1.56. The molecule has 124 valence electrons. The Bertz CT molecular complexity index is 616. The number of fused-ring (bicyclic) bond motifs is 2. The Balaban J connectivity index is 1.42. The molecule has 4 nitrogen and oxygen atoms in total. The molecule has 0 radical (unpaired) electrons. The number of anilines is 1. The molecule has 1 aromatic carbocycles. The summed E-state index contributed by atoms with van der Waals surface area (Å²) in [6.07, 6.45) is 5.44. The smallest absolute Gasteiger partial charge is 0.306 e. The van der Waals surface area contributed by atoms with E-state index in [9.17, 15) is 9.59 Å². The minimum absolute atomic E-state index is 0.234. The molecule has 3 atom stereocenters. The van der Waals surface area contributed by atoms with Crippen LogP contribution in [-0.2, 0) is 14.3 Å². The lowest BCUT2D eigenvalue weighted by Gasteiger charge is -2.20. The van der Waals surface area contributed by atoms with E-state index in [0.717, 1.165) is 17.9 Å². The predicted octanol–water partition coefficient (Wildman–Crippen LogP) is 3.96. The van der Waals surface area contributed by atoms with Crippen LogP contribution in [0, 0.1) is 24.7 Å². The number of hydrogen-bond acceptors (Lipinski definition) is 3. The lowest BCUT2D eigenvalue weighted by Crippen LogP contribution is -2.23. The first-order valence-electron chi connectivity index (χ1n) is 8.23. The molecule has 1 N–H and O–H groups in total. The van der Waals surface area contributed by atoms with Crippen molar-refractivity contribution < 1.29 is 14.3 Å². The van der Waals surface area contributed by atoms with Gasteiger partial charge in [-0.25, -0.2) is 0 Å². The zero-order valence-corrected chi connectivity index (χ0v) is 14.1. The first-order chi connectivity index (χ1) is 11.0. The highest BCUT2D eigenvalue weighted by Crippen LogP contribution is 2.49. The second-order valence-electron chi connectivity index (χ2n) is 6.81. The largest absolute Gasteiger partial charge is 0.456 e. The molecule has 2 aliphatic rings. The van der Waals surface area contributed by atoms with Crippen molar-refractivity contribution in [3.05, 3.63) is 28.8 Å². The number of nitrogens with one attached hydrogen (secondary N) is 1. The average molecular weight is 336 g/mol. The molecule has 5 heteroatoms. The summed E-state index contributed by atoms with van der Waals surface area (Å²) in [5, 5.41) is 3.36. The highest BCUT2D eigenvalue weighted by molar-refractivity contribution is 6.30. The highest BCUT2D eigenvalue weighted by atomic mass is 35.5. The first-order valence-corrected chi connectivity index (χ1v) is 8.60. The van der Waals surface area contributed by atoms with Crippen LogP contribution in [0.25, 0.3) is 0 Å². The molecule has 0 unspecified atom stereocenters. The van der Waals surface area contributed by atoms with E-state index < -0.39 is 0 Å². The maximum Gasteiger partial charge on any atom is 0.306 e. The fraction of sp³-hybridized carbons (Fsp3) is 0.556. The van der Waals surface area contributed by atoms with Gasteiger partial charge in [-0.1, -0.05) is 18.0 Å². The van der Waals surface area contributed by atoms with Crippen LogP contribution >= 0.6 is 11.6 Å². The van der Waals surface area contributed by atoms with E-state index in [4.69, 9.17) is 16.3 Å². The molecule has 0 saturated heterocycles. The lowest BCUT2D eigenvalue weighted by atomic mass is 9.86. The second kappa shape index (κ2) is 6.91. The van der Waals surface area contributed by atoms with Crippen molar-refractivity contribution in [1.82, 2.24) is 0 Å². The van der Waals surface area contributed by atoms with Crippen molar-refractivity contribution in [2.24, 2.45) is 17.8 Å². The third-order valence-electron chi connectivity index (χ3n) is 5.14. The predicted molar refractivity (Wildman–Crippen MR) is 89.3 cm³/mol. The standard InChI is InChI=1S/C18H22ClNO3/c1-11-6-15(19)4-5-16(11)20-17(21)10-23-18(22)9-14-8-12-2-3-13(14)7-12/h4-6,12-14H,2-3,7-10H2,1H3,(H,20,21)/t12-,13+,14-/m0/s1. The minimum Gasteiger partial charge on any atom is -0.456 e. The molecule has 2 saturated carbocycles. The molecule has 2 fully saturated rings. The van der Waals surface area contributed by atoms with Crippen molar-refractivity contribution in [3.63, 3.8) is 0 Å². The Morgan fingerprint density at radius 2 is 2.13 bits per heavy atom. The van der Waals surface area contributed by atoms with Crippen molar-refractivity contribution in [3.8, 4) is 0 Å². The van der Waals surface area contributed by atoms with Crippen LogP contribution in [-0.4, -0.2) is 18.5 Å². The molecule has 0 heterocycles. The highest BCUT2D eigenvalue weighted by Gasteiger charge is 2.40. The average Bonchev–Trinajstić information content (AvgIpc) is 3.11. The SMILES string of the molecule is Cc1cc(Cl)ccc1NC(=O)COC(=O)C[C@@H]1C[C@H]2CC[C@@H]1C2. The van der Waals surface area contributed by atoms with Crippen LogP contribution in [0.3, 0.4) is 0 Å². The summed E-state index contributed by atoms with van der Waals surface area (Å²) < 4.78 is 5.13. The van der Waals surface area contributed by atoms with E-state index in [2.05, 4.69) is 5.32 Å². The minimum atomic E-state index is -0.322. The van der Waals surface area contributed by atoms with E-state index in [1.807, 2.05) is 6.92 Å². The quantitative estimate of drug-likeness (QED) is 0.829. The Morgan fingerprint density at radius 3 is 2.78 bits per heavy atom. The summed E-state index contributed by atoms with van der Waals surface area (Å²) in [5.74, 6) is 1.39. The maximum atomic E-state index is 11.9. The Hall–Kier alpha value is -1.55. The van der Waals surface area contributed by atoms with Gasteiger partial charge in [0.25, 0.3) is 5.91 Å². The maximum absolute atomic E-state index is 11.9. The monoisotopic (exact) mass is 335 g/mol. The number of hydrogen-bond donors (Lipinski definition) is 1. The number of rotatable bonds is 5. The van der Waals surface area contributed by atoms with Gasteiger partial charge in [-0.15, -0.1) is 0 Å². The van der Waals surface area contributed by atoms with Crippen LogP contribution in [0.4, 0.5) is 5.69 Å². The number of esters is 1. The molecular formula is C18H22ClNO3. The number of amides is 1. The Kier molecular flexibility index (Phi) is 4.90. The van der Waals surface area contributed by atoms with Crippen LogP contribution in [0.15, 0.2) is 18.2 Å². The summed E-state index contributed by atoms with van der Waals surface area (Å²) >= 11 is 5.88. The van der Waals surface area contributed by atoms with Crippen LogP contribution < -0.4 is 5.32 Å². The summed E-state index contributed by atoms with van der Waals surface area (Å²) in [6, 6.07) is 5.23. The number of ether oxygens (including phenoxy) is 1. The molecule has 23 heavy (non-hydrogen) atoms. The summed E-state index contributed by atoms with van der Waals surface area (Å²) in [4.78, 5) is 23.8. The molecule has 0 spiro atoms. The molecule has 1 amide bonds. The number of benzene rings is 1. The lowest BCUT2D eigenvalue weighted by molar-refractivity contribution is -0.148. The topological polar surface area (TPSA) is 55.4 Å². The van der Waals surface area contributed by atoms with Gasteiger partial charge < -0.3 is 10.1 Å². The fourth-order valence-electron chi connectivity index (χ4n) is 4.00. The molecule has 0 aliphatic heterocycles. The van der Waals surface area contributed by atoms with Crippen molar-refractivity contribution in [1.29, 1.82) is 0 Å². The first kappa shape index (κ1) is 16.3. The van der Waals surface area contributed by atoms with Crippen molar-refractivity contribution in [2.75, 3.05) is 11.9 Å². The summed E-state index contributed by atoms with van der Waals surface area (Å²) in [7, 11) is 0. The van der Waals surface area contributed by atoms with E-state index >= 15 is 0 Å². The van der Waals surface area contributed by atoms with Crippen molar-refractivity contribution >= 4 is 29.2 Å². The number of carbonyl (C=O) groups is 2. The fourth-order valence-corrected chi connectivity index (χ4v) is 4.23. The van der Waals surface area contributed by atoms with Gasteiger partial charge in [-0.05, 0) is 67.7 Å². The normalized spacial score (nSPS) is 25.4. The van der Waals surface area contributed by atoms with Crippen LogP contribution in [0.5, 0.6) is 0 Å². The van der Waals surface area contributed by atoms with Gasteiger partial charge in [0.05, 0.1) is 0 Å². The van der Waals surface area contributed by atoms with Crippen LogP contribution in [0.1, 0.15) is 37.7 Å². The van der Waals surface area contributed by atoms with Gasteiger partial charge in [-0.3, -0.25) is 9.59 Å². The molecule has 0 aromatic heterocycles. The molecule has 2 bridgehead atoms. The van der Waals surface area contributed by atoms with Crippen LogP contribution in [0.2, 0.25) is 5.02 Å². The van der Waals surface area contributed by atoms with Gasteiger partial charge in [-0.2, -0.15) is 0 Å². The number of halogens is 1. The number of carbonyl (C=O) groups excluding carboxylic acids is 2. The second-order valence-corrected chi connectivity index (χ2v) is 7.24. The van der Waals surface area contributed by atoms with E-state index in [0.29, 0.717) is 29.0 Å². The Morgan fingerprint density at radius 1 is 1.30 bits per heavy atom. The van der Waals surface area contributed by atoms with Gasteiger partial charge in [0.1, 0.15) is 0 Å². The van der Waals surface area contributed by atoms with Gasteiger partial charge in [0.15, 0.2) is 6.61 Å². The third-order valence-corrected chi connectivity index (χ3v) is 5.38. The van der Waals surface area contributed by atoms with E-state index in [-0.39, 0.29) is 18.5 Å². The summed E-state index contributed by atoms with van der Waals surface area (Å²) in [6.45, 7) is 1.63. The molecule has 3 rings (SSSR count). The molecule has 2 aliphatic carbocycles. The zero-order chi connectivity index (χ0) is 16.4. The van der Waals surface area contributed by atoms with Gasteiger partial charge in [0, 0.05) is 17.1 Å². The third kappa shape index (κ3) is 4.05. The van der Waals surface area contributed by atoms with Gasteiger partial charge >= 0.3 is 5.97 Å². The molecular weight excluding hydrogens is 314 g/mol. The van der Waals surface area contributed by atoms with Gasteiger partial charge in [0.2, 0.25) is 0 Å². The van der Waals surface area contributed by atoms with E-state index in [1.54, 1.807) is 18.2 Å².